The number of rotatable bonds is 5. The maximum atomic E-state index is 12.5. The van der Waals surface area contributed by atoms with Crippen molar-refractivity contribution in [3.05, 3.63) is 42.0 Å². The van der Waals surface area contributed by atoms with Crippen molar-refractivity contribution in [3.8, 4) is 5.75 Å². The van der Waals surface area contributed by atoms with Crippen molar-refractivity contribution >= 4 is 5.97 Å². The van der Waals surface area contributed by atoms with Gasteiger partial charge in [-0.05, 0) is 24.1 Å². The molecule has 0 aliphatic heterocycles. The topological polar surface area (TPSA) is 46.5 Å². The number of benzene rings is 1. The first kappa shape index (κ1) is 17.3. The average molecular weight is 296 g/mol. The third-order valence-electron chi connectivity index (χ3n) is 2.11. The van der Waals surface area contributed by atoms with Crippen molar-refractivity contribution in [2.75, 3.05) is 6.61 Å². The fraction of sp³-hybridized carbons (Fsp3) is 0.250. The minimum atomic E-state index is -4.49. The fourth-order valence-corrected chi connectivity index (χ4v) is 1.33. The number of carboxylic acids is 1. The number of alkyl halides is 3. The Morgan fingerprint density at radius 2 is 2.05 bits per heavy atom. The Bertz CT molecular complexity index is 458. The van der Waals surface area contributed by atoms with E-state index in [0.717, 1.165) is 12.1 Å². The zero-order valence-corrected chi connectivity index (χ0v) is 10.5. The van der Waals surface area contributed by atoms with Crippen LogP contribution in [0, 0.1) is 0 Å². The highest BCUT2D eigenvalue weighted by atomic mass is 35.5. The molecule has 0 saturated heterocycles. The molecule has 0 unspecified atom stereocenters. The summed E-state index contributed by atoms with van der Waals surface area (Å²) in [6.07, 6.45) is -2.70. The number of aliphatic carboxylic acids is 1. The van der Waals surface area contributed by atoms with E-state index < -0.39 is 24.3 Å². The van der Waals surface area contributed by atoms with Crippen molar-refractivity contribution in [3.63, 3.8) is 0 Å². The van der Waals surface area contributed by atoms with Gasteiger partial charge < -0.3 is 22.3 Å². The van der Waals surface area contributed by atoms with Gasteiger partial charge in [0, 0.05) is 0 Å². The van der Waals surface area contributed by atoms with Gasteiger partial charge in [0.25, 0.3) is 0 Å². The van der Waals surface area contributed by atoms with Gasteiger partial charge in [-0.1, -0.05) is 12.1 Å². The molecule has 1 aromatic carbocycles. The third kappa shape index (κ3) is 5.21. The molecule has 19 heavy (non-hydrogen) atoms. The fourth-order valence-electron chi connectivity index (χ4n) is 1.33. The molecule has 3 nitrogen and oxygen atoms in total. The summed E-state index contributed by atoms with van der Waals surface area (Å²) in [4.78, 5) is 10.4. The molecule has 0 fully saturated rings. The third-order valence-corrected chi connectivity index (χ3v) is 2.11. The highest BCUT2D eigenvalue weighted by Crippen LogP contribution is 2.33. The summed E-state index contributed by atoms with van der Waals surface area (Å²) in [6.45, 7) is 2.78. The predicted molar refractivity (Wildman–Crippen MR) is 58.5 cm³/mol. The quantitative estimate of drug-likeness (QED) is 0.772. The minimum Gasteiger partial charge on any atom is -1.00 e. The monoisotopic (exact) mass is 295 g/mol. The highest BCUT2D eigenvalue weighted by Gasteiger charge is 2.31. The molecule has 106 valence electrons. The number of carbonyl (C=O) groups is 1. The molecule has 0 radical (unpaired) electrons. The van der Waals surface area contributed by atoms with Crippen LogP contribution in [0.4, 0.5) is 13.2 Å². The maximum Gasteiger partial charge on any atom is 0.416 e. The molecular formula is C12H11ClF3O3-. The van der Waals surface area contributed by atoms with E-state index in [2.05, 4.69) is 6.58 Å². The first-order chi connectivity index (χ1) is 8.34. The Kier molecular flexibility index (Phi) is 6.41. The number of carboxylic acid groups (broad SMARTS) is 1. The van der Waals surface area contributed by atoms with Crippen LogP contribution in [0.2, 0.25) is 0 Å². The Morgan fingerprint density at radius 1 is 1.42 bits per heavy atom. The Balaban J connectivity index is 0.00000324. The van der Waals surface area contributed by atoms with Crippen LogP contribution in [0.25, 0.3) is 0 Å². The van der Waals surface area contributed by atoms with Crippen LogP contribution in [0.15, 0.2) is 30.9 Å². The van der Waals surface area contributed by atoms with Crippen LogP contribution in [0.1, 0.15) is 11.1 Å². The van der Waals surface area contributed by atoms with Crippen molar-refractivity contribution in [1.82, 2.24) is 0 Å². The molecule has 1 aromatic rings. The van der Waals surface area contributed by atoms with E-state index in [-0.39, 0.29) is 18.2 Å². The van der Waals surface area contributed by atoms with Gasteiger partial charge in [0.15, 0.2) is 6.61 Å². The zero-order valence-electron chi connectivity index (χ0n) is 9.71. The van der Waals surface area contributed by atoms with Crippen LogP contribution in [-0.2, 0) is 17.4 Å². The first-order valence-corrected chi connectivity index (χ1v) is 5.00. The number of halogens is 4. The van der Waals surface area contributed by atoms with Gasteiger partial charge >= 0.3 is 12.1 Å². The molecule has 0 bridgehead atoms. The smallest absolute Gasteiger partial charge is 0.416 e. The van der Waals surface area contributed by atoms with E-state index in [1.54, 1.807) is 0 Å². The largest absolute Gasteiger partial charge is 1.00 e. The SMILES string of the molecule is C=CCc1ccc(C(F)(F)F)cc1OCC(=O)O.[Cl-]. The van der Waals surface area contributed by atoms with Gasteiger partial charge in [-0.15, -0.1) is 6.58 Å². The molecule has 0 aliphatic rings. The number of allylic oxidation sites excluding steroid dienone is 1. The van der Waals surface area contributed by atoms with E-state index in [9.17, 15) is 18.0 Å². The van der Waals surface area contributed by atoms with Crippen LogP contribution in [0.5, 0.6) is 5.75 Å². The van der Waals surface area contributed by atoms with E-state index in [1.165, 1.54) is 12.1 Å². The van der Waals surface area contributed by atoms with Gasteiger partial charge in [-0.3, -0.25) is 0 Å². The van der Waals surface area contributed by atoms with Gasteiger partial charge in [0.05, 0.1) is 5.56 Å². The number of ether oxygens (including phenoxy) is 1. The first-order valence-electron chi connectivity index (χ1n) is 5.00. The lowest BCUT2D eigenvalue weighted by molar-refractivity contribution is -0.139. The van der Waals surface area contributed by atoms with E-state index in [0.29, 0.717) is 12.0 Å². The average Bonchev–Trinajstić information content (AvgIpc) is 2.26. The second kappa shape index (κ2) is 7.04. The van der Waals surface area contributed by atoms with Crippen molar-refractivity contribution in [2.24, 2.45) is 0 Å². The molecule has 0 aromatic heterocycles. The van der Waals surface area contributed by atoms with Gasteiger partial charge in [0.2, 0.25) is 0 Å². The van der Waals surface area contributed by atoms with Gasteiger partial charge in [-0.2, -0.15) is 13.2 Å². The van der Waals surface area contributed by atoms with Crippen LogP contribution in [-0.4, -0.2) is 17.7 Å². The van der Waals surface area contributed by atoms with Crippen molar-refractivity contribution in [1.29, 1.82) is 0 Å². The maximum absolute atomic E-state index is 12.5. The summed E-state index contributed by atoms with van der Waals surface area (Å²) in [5.74, 6) is -1.34. The van der Waals surface area contributed by atoms with Crippen LogP contribution in [0.3, 0.4) is 0 Å². The van der Waals surface area contributed by atoms with E-state index in [4.69, 9.17) is 9.84 Å². The summed E-state index contributed by atoms with van der Waals surface area (Å²) in [5.41, 5.74) is -0.421. The standard InChI is InChI=1S/C12H11F3O3.ClH/c1-2-3-8-4-5-9(12(13,14)15)6-10(8)18-7-11(16)17;/h2,4-6H,1,3,7H2,(H,16,17);1H/p-1. The molecule has 0 atom stereocenters. The van der Waals surface area contributed by atoms with Crippen LogP contribution < -0.4 is 17.1 Å². The molecule has 1 N–H and O–H groups in total. The summed E-state index contributed by atoms with van der Waals surface area (Å²) in [7, 11) is 0. The summed E-state index contributed by atoms with van der Waals surface area (Å²) in [5, 5.41) is 8.46. The molecule has 1 rings (SSSR count). The molecular weight excluding hydrogens is 285 g/mol. The lowest BCUT2D eigenvalue weighted by Crippen LogP contribution is -3.00. The second-order valence-corrected chi connectivity index (χ2v) is 3.50. The predicted octanol–water partition coefficient (Wildman–Crippen LogP) is -0.0987. The number of hydrogen-bond donors (Lipinski definition) is 1. The summed E-state index contributed by atoms with van der Waals surface area (Å²) in [6, 6.07) is 2.97. The highest BCUT2D eigenvalue weighted by molar-refractivity contribution is 5.68. The molecule has 0 spiro atoms. The Hall–Kier alpha value is -1.69. The Morgan fingerprint density at radius 3 is 2.53 bits per heavy atom. The zero-order chi connectivity index (χ0) is 13.8. The summed E-state index contributed by atoms with van der Waals surface area (Å²) < 4.78 is 42.3. The van der Waals surface area contributed by atoms with Gasteiger partial charge in [0.1, 0.15) is 5.75 Å². The minimum absolute atomic E-state index is 0. The number of hydrogen-bond acceptors (Lipinski definition) is 2. The lowest BCUT2D eigenvalue weighted by Gasteiger charge is -2.12. The molecule has 0 saturated carbocycles. The van der Waals surface area contributed by atoms with Crippen molar-refractivity contribution in [2.45, 2.75) is 12.6 Å². The van der Waals surface area contributed by atoms with E-state index in [1.807, 2.05) is 0 Å². The second-order valence-electron chi connectivity index (χ2n) is 3.50. The lowest BCUT2D eigenvalue weighted by atomic mass is 10.1. The summed E-state index contributed by atoms with van der Waals surface area (Å²) >= 11 is 0. The van der Waals surface area contributed by atoms with Crippen molar-refractivity contribution < 1.29 is 40.2 Å². The van der Waals surface area contributed by atoms with E-state index >= 15 is 0 Å². The molecule has 0 heterocycles. The molecule has 0 aliphatic carbocycles. The molecule has 0 amide bonds. The molecule has 7 heteroatoms. The van der Waals surface area contributed by atoms with Crippen LogP contribution >= 0.6 is 0 Å². The Labute approximate surface area is 114 Å². The van der Waals surface area contributed by atoms with Gasteiger partial charge in [-0.25, -0.2) is 4.79 Å². The normalized spacial score (nSPS) is 10.5.